The quantitative estimate of drug-likeness (QED) is 0.862. The number of amides is 2. The van der Waals surface area contributed by atoms with Gasteiger partial charge in [0.2, 0.25) is 11.8 Å². The first-order chi connectivity index (χ1) is 14.2. The van der Waals surface area contributed by atoms with Crippen molar-refractivity contribution in [1.82, 2.24) is 4.90 Å². The van der Waals surface area contributed by atoms with Crippen LogP contribution in [0.3, 0.4) is 0 Å². The normalized spacial score (nSPS) is 19.8. The second kappa shape index (κ2) is 8.66. The fourth-order valence-corrected chi connectivity index (χ4v) is 4.28. The lowest BCUT2D eigenvalue weighted by molar-refractivity contribution is -0.123. The van der Waals surface area contributed by atoms with Gasteiger partial charge in [-0.2, -0.15) is 0 Å². The zero-order valence-corrected chi connectivity index (χ0v) is 16.8. The molecule has 1 saturated heterocycles. The molecule has 2 aromatic rings. The van der Waals surface area contributed by atoms with Gasteiger partial charge in [0.05, 0.1) is 25.0 Å². The second-order valence-electron chi connectivity index (χ2n) is 7.65. The summed E-state index contributed by atoms with van der Waals surface area (Å²) in [6.07, 6.45) is 4.43. The molecule has 0 bridgehead atoms. The van der Waals surface area contributed by atoms with E-state index >= 15 is 0 Å². The summed E-state index contributed by atoms with van der Waals surface area (Å²) in [4.78, 5) is 29.2. The number of ether oxygens (including phenoxy) is 1. The number of rotatable bonds is 4. The van der Waals surface area contributed by atoms with Crippen LogP contribution < -0.4 is 15.0 Å². The summed E-state index contributed by atoms with van der Waals surface area (Å²) in [5.74, 6) is 0.647. The molecule has 0 aromatic heterocycles. The van der Waals surface area contributed by atoms with E-state index < -0.39 is 0 Å². The molecule has 4 rings (SSSR count). The first-order valence-electron chi connectivity index (χ1n) is 10.2. The Morgan fingerprint density at radius 3 is 2.69 bits per heavy atom. The van der Waals surface area contributed by atoms with Crippen molar-refractivity contribution in [2.75, 3.05) is 37.0 Å². The van der Waals surface area contributed by atoms with Crippen LogP contribution in [0.4, 0.5) is 11.4 Å². The third kappa shape index (κ3) is 4.27. The number of anilines is 2. The van der Waals surface area contributed by atoms with Crippen molar-refractivity contribution >= 4 is 23.2 Å². The topological polar surface area (TPSA) is 61.9 Å². The van der Waals surface area contributed by atoms with Crippen LogP contribution >= 0.6 is 0 Å². The molecule has 2 aliphatic rings. The molecule has 1 unspecified atom stereocenters. The van der Waals surface area contributed by atoms with Gasteiger partial charge in [-0.15, -0.1) is 0 Å². The van der Waals surface area contributed by atoms with Crippen LogP contribution in [-0.4, -0.2) is 43.5 Å². The van der Waals surface area contributed by atoms with E-state index in [0.29, 0.717) is 12.2 Å². The van der Waals surface area contributed by atoms with Gasteiger partial charge in [-0.05, 0) is 49.2 Å². The number of para-hydroxylation sites is 2. The Hall–Kier alpha value is -2.86. The fraction of sp³-hybridized carbons (Fsp3) is 0.391. The van der Waals surface area contributed by atoms with Crippen LogP contribution in [0.15, 0.2) is 48.5 Å². The lowest BCUT2D eigenvalue weighted by Crippen LogP contribution is -2.47. The van der Waals surface area contributed by atoms with Gasteiger partial charge in [0.15, 0.2) is 0 Å². The molecule has 6 heteroatoms. The molecular formula is C23H27N3O3. The Balaban J connectivity index is 1.55. The first-order valence-corrected chi connectivity index (χ1v) is 10.2. The number of likely N-dealkylation sites (tertiary alicyclic amines) is 1. The summed E-state index contributed by atoms with van der Waals surface area (Å²) in [7, 11) is 1.66. The number of benzene rings is 2. The summed E-state index contributed by atoms with van der Waals surface area (Å²) in [6.45, 7) is 1.25. The SMILES string of the molecule is COc1ccc(C2CCCCCN2CC(=O)N2CC(=O)Nc3ccccc32)cc1. The molecule has 0 saturated carbocycles. The van der Waals surface area contributed by atoms with Crippen molar-refractivity contribution in [3.8, 4) is 5.75 Å². The zero-order chi connectivity index (χ0) is 20.2. The van der Waals surface area contributed by atoms with Gasteiger partial charge in [0.1, 0.15) is 12.3 Å². The summed E-state index contributed by atoms with van der Waals surface area (Å²) < 4.78 is 5.28. The van der Waals surface area contributed by atoms with Crippen LogP contribution in [0.25, 0.3) is 0 Å². The lowest BCUT2D eigenvalue weighted by Gasteiger charge is -2.34. The third-order valence-corrected chi connectivity index (χ3v) is 5.77. The first kappa shape index (κ1) is 19.5. The number of hydrogen-bond acceptors (Lipinski definition) is 4. The molecule has 2 amide bonds. The molecule has 0 radical (unpaired) electrons. The van der Waals surface area contributed by atoms with Gasteiger partial charge in [0, 0.05) is 6.04 Å². The van der Waals surface area contributed by atoms with Crippen LogP contribution in [-0.2, 0) is 9.59 Å². The van der Waals surface area contributed by atoms with Crippen LogP contribution in [0.5, 0.6) is 5.75 Å². The standard InChI is InChI=1S/C23H27N3O3/c1-29-18-12-10-17(11-13-18)20-8-3-2-6-14-25(20)16-23(28)26-15-22(27)24-19-7-4-5-9-21(19)26/h4-5,7,9-13,20H,2-3,6,8,14-16H2,1H3,(H,24,27). The van der Waals surface area contributed by atoms with E-state index in [4.69, 9.17) is 4.74 Å². The minimum Gasteiger partial charge on any atom is -0.497 e. The van der Waals surface area contributed by atoms with E-state index in [1.165, 1.54) is 12.0 Å². The van der Waals surface area contributed by atoms with Crippen LogP contribution in [0, 0.1) is 0 Å². The smallest absolute Gasteiger partial charge is 0.244 e. The van der Waals surface area contributed by atoms with Crippen LogP contribution in [0.2, 0.25) is 0 Å². The molecular weight excluding hydrogens is 366 g/mol. The maximum atomic E-state index is 13.2. The fourth-order valence-electron chi connectivity index (χ4n) is 4.28. The Labute approximate surface area is 171 Å². The molecule has 0 spiro atoms. The van der Waals surface area contributed by atoms with Gasteiger partial charge < -0.3 is 10.1 Å². The number of hydrogen-bond donors (Lipinski definition) is 1. The van der Waals surface area contributed by atoms with E-state index in [1.54, 1.807) is 12.0 Å². The third-order valence-electron chi connectivity index (χ3n) is 5.77. The van der Waals surface area contributed by atoms with Crippen molar-refractivity contribution in [3.63, 3.8) is 0 Å². The number of nitrogens with zero attached hydrogens (tertiary/aromatic N) is 2. The predicted octanol–water partition coefficient (Wildman–Crippen LogP) is 3.60. The molecule has 29 heavy (non-hydrogen) atoms. The minimum absolute atomic E-state index is 0.0345. The highest BCUT2D eigenvalue weighted by Gasteiger charge is 2.30. The monoisotopic (exact) mass is 393 g/mol. The maximum Gasteiger partial charge on any atom is 0.244 e. The van der Waals surface area contributed by atoms with Crippen molar-refractivity contribution < 1.29 is 14.3 Å². The highest BCUT2D eigenvalue weighted by atomic mass is 16.5. The highest BCUT2D eigenvalue weighted by molar-refractivity contribution is 6.10. The number of carbonyl (C=O) groups is 2. The van der Waals surface area contributed by atoms with Crippen molar-refractivity contribution in [1.29, 1.82) is 0 Å². The summed E-state index contributed by atoms with van der Waals surface area (Å²) in [5.41, 5.74) is 2.67. The number of fused-ring (bicyclic) bond motifs is 1. The second-order valence-corrected chi connectivity index (χ2v) is 7.65. The van der Waals surface area contributed by atoms with E-state index in [2.05, 4.69) is 22.3 Å². The molecule has 1 fully saturated rings. The molecule has 1 N–H and O–H groups in total. The Kier molecular flexibility index (Phi) is 5.81. The molecule has 152 valence electrons. The maximum absolute atomic E-state index is 13.2. The molecule has 2 aliphatic heterocycles. The van der Waals surface area contributed by atoms with Crippen molar-refractivity contribution in [2.24, 2.45) is 0 Å². The summed E-state index contributed by atoms with van der Waals surface area (Å²) in [6, 6.07) is 15.8. The highest BCUT2D eigenvalue weighted by Crippen LogP contribution is 2.33. The Bertz CT molecular complexity index is 881. The summed E-state index contributed by atoms with van der Waals surface area (Å²) >= 11 is 0. The number of methoxy groups -OCH3 is 1. The van der Waals surface area contributed by atoms with E-state index in [1.807, 2.05) is 36.4 Å². The molecule has 2 heterocycles. The molecule has 2 aromatic carbocycles. The average molecular weight is 393 g/mol. The van der Waals surface area contributed by atoms with E-state index in [-0.39, 0.29) is 24.4 Å². The van der Waals surface area contributed by atoms with E-state index in [0.717, 1.165) is 37.2 Å². The number of carbonyl (C=O) groups excluding carboxylic acids is 2. The molecule has 6 nitrogen and oxygen atoms in total. The van der Waals surface area contributed by atoms with Gasteiger partial charge in [-0.25, -0.2) is 0 Å². The predicted molar refractivity (Wildman–Crippen MR) is 113 cm³/mol. The lowest BCUT2D eigenvalue weighted by atomic mass is 10.0. The van der Waals surface area contributed by atoms with E-state index in [9.17, 15) is 9.59 Å². The van der Waals surface area contributed by atoms with Crippen molar-refractivity contribution in [2.45, 2.75) is 31.7 Å². The van der Waals surface area contributed by atoms with Crippen LogP contribution in [0.1, 0.15) is 37.3 Å². The zero-order valence-electron chi connectivity index (χ0n) is 16.8. The van der Waals surface area contributed by atoms with Gasteiger partial charge >= 0.3 is 0 Å². The average Bonchev–Trinajstić information content (AvgIpc) is 2.98. The molecule has 0 aliphatic carbocycles. The Morgan fingerprint density at radius 2 is 1.90 bits per heavy atom. The Morgan fingerprint density at radius 1 is 1.10 bits per heavy atom. The summed E-state index contributed by atoms with van der Waals surface area (Å²) in [5, 5.41) is 2.85. The van der Waals surface area contributed by atoms with Gasteiger partial charge in [0.25, 0.3) is 0 Å². The molecule has 1 atom stereocenters. The number of nitrogens with one attached hydrogen (secondary N) is 1. The minimum atomic E-state index is -0.153. The van der Waals surface area contributed by atoms with Gasteiger partial charge in [-0.3, -0.25) is 19.4 Å². The largest absolute Gasteiger partial charge is 0.497 e. The van der Waals surface area contributed by atoms with Gasteiger partial charge in [-0.1, -0.05) is 37.1 Å². The van der Waals surface area contributed by atoms with Crippen molar-refractivity contribution in [3.05, 3.63) is 54.1 Å².